The van der Waals surface area contributed by atoms with Crippen molar-refractivity contribution in [3.05, 3.63) is 100 Å². The minimum absolute atomic E-state index is 0.146. The molecule has 2 amide bonds. The summed E-state index contributed by atoms with van der Waals surface area (Å²) < 4.78 is 6.77. The molecular formula is C29H33BrN2O3. The minimum Gasteiger partial charge on any atom is -0.484 e. The average Bonchev–Trinajstić information content (AvgIpc) is 2.87. The third-order valence-electron chi connectivity index (χ3n) is 5.75. The van der Waals surface area contributed by atoms with E-state index in [2.05, 4.69) is 28.2 Å². The highest BCUT2D eigenvalue weighted by molar-refractivity contribution is 9.10. The standard InChI is InChI=1S/C29H33BrN2O3/c1-3-4-18-31-29(34)27(19-23-8-6-5-7-9-23)32(20-24-12-14-25(30)15-13-24)28(33)21-35-26-16-10-22(2)11-17-26/h5-17,27H,3-4,18-21H2,1-2H3,(H,31,34)/t27-/m0/s1. The Morgan fingerprint density at radius 2 is 1.63 bits per heavy atom. The van der Waals surface area contributed by atoms with E-state index in [1.165, 1.54) is 0 Å². The van der Waals surface area contributed by atoms with Gasteiger partial charge >= 0.3 is 0 Å². The summed E-state index contributed by atoms with van der Waals surface area (Å²) in [6, 6.07) is 24.5. The lowest BCUT2D eigenvalue weighted by Crippen LogP contribution is -2.51. The maximum atomic E-state index is 13.5. The normalized spacial score (nSPS) is 11.5. The molecule has 0 unspecified atom stereocenters. The molecule has 0 aliphatic carbocycles. The van der Waals surface area contributed by atoms with Crippen LogP contribution in [0.25, 0.3) is 0 Å². The van der Waals surface area contributed by atoms with Gasteiger partial charge in [-0.2, -0.15) is 0 Å². The van der Waals surface area contributed by atoms with Crippen LogP contribution >= 0.6 is 15.9 Å². The van der Waals surface area contributed by atoms with E-state index in [-0.39, 0.29) is 18.4 Å². The smallest absolute Gasteiger partial charge is 0.261 e. The zero-order valence-electron chi connectivity index (χ0n) is 20.4. The second kappa shape index (κ2) is 13.7. The number of carbonyl (C=O) groups excluding carboxylic acids is 2. The lowest BCUT2D eigenvalue weighted by Gasteiger charge is -2.31. The van der Waals surface area contributed by atoms with E-state index in [4.69, 9.17) is 4.74 Å². The number of rotatable bonds is 12. The molecule has 3 aromatic carbocycles. The first-order chi connectivity index (χ1) is 17.0. The Bertz CT molecular complexity index is 1070. The van der Waals surface area contributed by atoms with Gasteiger partial charge in [0.15, 0.2) is 6.61 Å². The van der Waals surface area contributed by atoms with Gasteiger partial charge in [-0.15, -0.1) is 0 Å². The van der Waals surface area contributed by atoms with Crippen molar-refractivity contribution in [3.63, 3.8) is 0 Å². The Morgan fingerprint density at radius 1 is 0.943 bits per heavy atom. The molecule has 0 radical (unpaired) electrons. The van der Waals surface area contributed by atoms with E-state index in [1.807, 2.05) is 85.8 Å². The van der Waals surface area contributed by atoms with Gasteiger partial charge in [0, 0.05) is 24.0 Å². The predicted molar refractivity (Wildman–Crippen MR) is 143 cm³/mol. The minimum atomic E-state index is -0.660. The Labute approximate surface area is 216 Å². The molecule has 0 bridgehead atoms. The van der Waals surface area contributed by atoms with Gasteiger partial charge in [0.1, 0.15) is 11.8 Å². The topological polar surface area (TPSA) is 58.6 Å². The molecule has 0 saturated heterocycles. The quantitative estimate of drug-likeness (QED) is 0.302. The number of nitrogens with one attached hydrogen (secondary N) is 1. The van der Waals surface area contributed by atoms with Crippen molar-refractivity contribution in [2.45, 2.75) is 45.7 Å². The number of hydrogen-bond acceptors (Lipinski definition) is 3. The molecule has 0 aliphatic rings. The first-order valence-electron chi connectivity index (χ1n) is 12.0. The van der Waals surface area contributed by atoms with Crippen LogP contribution in [0.2, 0.25) is 0 Å². The first-order valence-corrected chi connectivity index (χ1v) is 12.8. The third kappa shape index (κ3) is 8.55. The zero-order chi connectivity index (χ0) is 25.0. The fourth-order valence-electron chi connectivity index (χ4n) is 3.71. The molecular weight excluding hydrogens is 504 g/mol. The van der Waals surface area contributed by atoms with Crippen molar-refractivity contribution in [2.24, 2.45) is 0 Å². The van der Waals surface area contributed by atoms with Crippen molar-refractivity contribution >= 4 is 27.7 Å². The summed E-state index contributed by atoms with van der Waals surface area (Å²) in [7, 11) is 0. The van der Waals surface area contributed by atoms with Crippen LogP contribution < -0.4 is 10.1 Å². The average molecular weight is 537 g/mol. The summed E-state index contributed by atoms with van der Waals surface area (Å²) in [5.41, 5.74) is 3.06. The number of hydrogen-bond donors (Lipinski definition) is 1. The largest absolute Gasteiger partial charge is 0.484 e. The Morgan fingerprint density at radius 3 is 2.29 bits per heavy atom. The van der Waals surface area contributed by atoms with Crippen LogP contribution in [0.3, 0.4) is 0 Å². The highest BCUT2D eigenvalue weighted by atomic mass is 79.9. The van der Waals surface area contributed by atoms with E-state index in [0.29, 0.717) is 25.3 Å². The Hall–Kier alpha value is -3.12. The summed E-state index contributed by atoms with van der Waals surface area (Å²) >= 11 is 3.46. The van der Waals surface area contributed by atoms with E-state index in [9.17, 15) is 9.59 Å². The molecule has 6 heteroatoms. The van der Waals surface area contributed by atoms with Gasteiger partial charge in [0.05, 0.1) is 0 Å². The monoisotopic (exact) mass is 536 g/mol. The molecule has 0 aliphatic heterocycles. The number of unbranched alkanes of at least 4 members (excludes halogenated alkanes) is 1. The van der Waals surface area contributed by atoms with Crippen LogP contribution in [-0.2, 0) is 22.6 Å². The SMILES string of the molecule is CCCCNC(=O)[C@H](Cc1ccccc1)N(Cc1ccc(Br)cc1)C(=O)COc1ccc(C)cc1. The second-order valence-electron chi connectivity index (χ2n) is 8.60. The summed E-state index contributed by atoms with van der Waals surface area (Å²) in [5.74, 6) is 0.239. The van der Waals surface area contributed by atoms with E-state index in [1.54, 1.807) is 4.90 Å². The van der Waals surface area contributed by atoms with Gasteiger partial charge in [-0.1, -0.05) is 89.4 Å². The van der Waals surface area contributed by atoms with Gasteiger partial charge < -0.3 is 15.0 Å². The van der Waals surface area contributed by atoms with Crippen LogP contribution in [-0.4, -0.2) is 35.9 Å². The van der Waals surface area contributed by atoms with Crippen molar-refractivity contribution in [2.75, 3.05) is 13.2 Å². The molecule has 0 fully saturated rings. The van der Waals surface area contributed by atoms with E-state index >= 15 is 0 Å². The second-order valence-corrected chi connectivity index (χ2v) is 9.52. The van der Waals surface area contributed by atoms with Gasteiger partial charge in [-0.05, 0) is 48.7 Å². The molecule has 0 spiro atoms. The third-order valence-corrected chi connectivity index (χ3v) is 6.28. The first kappa shape index (κ1) is 26.5. The van der Waals surface area contributed by atoms with Gasteiger partial charge in [0.2, 0.25) is 5.91 Å². The summed E-state index contributed by atoms with van der Waals surface area (Å²) in [6.07, 6.45) is 2.29. The molecule has 1 N–H and O–H groups in total. The molecule has 35 heavy (non-hydrogen) atoms. The summed E-state index contributed by atoms with van der Waals surface area (Å²) in [6.45, 7) is 4.83. The number of amides is 2. The molecule has 0 heterocycles. The number of nitrogens with zero attached hydrogens (tertiary/aromatic N) is 1. The number of ether oxygens (including phenoxy) is 1. The zero-order valence-corrected chi connectivity index (χ0v) is 22.0. The lowest BCUT2D eigenvalue weighted by atomic mass is 10.0. The number of carbonyl (C=O) groups is 2. The van der Waals surface area contributed by atoms with Crippen LogP contribution in [0.4, 0.5) is 0 Å². The number of benzene rings is 3. The van der Waals surface area contributed by atoms with Crippen molar-refractivity contribution < 1.29 is 14.3 Å². The molecule has 5 nitrogen and oxygen atoms in total. The number of aryl methyl sites for hydroxylation is 1. The lowest BCUT2D eigenvalue weighted by molar-refractivity contribution is -0.142. The highest BCUT2D eigenvalue weighted by Gasteiger charge is 2.30. The highest BCUT2D eigenvalue weighted by Crippen LogP contribution is 2.18. The Balaban J connectivity index is 1.86. The summed E-state index contributed by atoms with van der Waals surface area (Å²) in [5, 5.41) is 3.03. The van der Waals surface area contributed by atoms with E-state index < -0.39 is 6.04 Å². The molecule has 0 aromatic heterocycles. The van der Waals surface area contributed by atoms with Gasteiger partial charge in [0.25, 0.3) is 5.91 Å². The molecule has 1 atom stereocenters. The van der Waals surface area contributed by atoms with Crippen molar-refractivity contribution in [1.29, 1.82) is 0 Å². The fraction of sp³-hybridized carbons (Fsp3) is 0.310. The fourth-order valence-corrected chi connectivity index (χ4v) is 3.97. The molecule has 3 rings (SSSR count). The van der Waals surface area contributed by atoms with Gasteiger partial charge in [-0.25, -0.2) is 0 Å². The number of halogens is 1. The van der Waals surface area contributed by atoms with Crippen LogP contribution in [0, 0.1) is 6.92 Å². The molecule has 3 aromatic rings. The Kier molecular flexibility index (Phi) is 10.4. The maximum absolute atomic E-state index is 13.5. The molecule has 0 saturated carbocycles. The van der Waals surface area contributed by atoms with Gasteiger partial charge in [-0.3, -0.25) is 9.59 Å². The maximum Gasteiger partial charge on any atom is 0.261 e. The van der Waals surface area contributed by atoms with Crippen LogP contribution in [0.15, 0.2) is 83.3 Å². The molecule has 184 valence electrons. The predicted octanol–water partition coefficient (Wildman–Crippen LogP) is 5.69. The van der Waals surface area contributed by atoms with Crippen LogP contribution in [0.1, 0.15) is 36.5 Å². The van der Waals surface area contributed by atoms with Crippen LogP contribution in [0.5, 0.6) is 5.75 Å². The van der Waals surface area contributed by atoms with E-state index in [0.717, 1.165) is 34.0 Å². The summed E-state index contributed by atoms with van der Waals surface area (Å²) in [4.78, 5) is 28.5. The van der Waals surface area contributed by atoms with Crippen molar-refractivity contribution in [3.8, 4) is 5.75 Å². The van der Waals surface area contributed by atoms with Crippen molar-refractivity contribution in [1.82, 2.24) is 10.2 Å².